The van der Waals surface area contributed by atoms with E-state index in [1.807, 2.05) is 17.2 Å². The molecule has 1 aromatic rings. The van der Waals surface area contributed by atoms with E-state index in [0.29, 0.717) is 18.0 Å². The molecule has 6 heteroatoms. The number of hydrogen-bond acceptors (Lipinski definition) is 5. The van der Waals surface area contributed by atoms with Crippen molar-refractivity contribution in [2.75, 3.05) is 33.3 Å². The van der Waals surface area contributed by atoms with E-state index in [-0.39, 0.29) is 11.9 Å². The molecule has 1 fully saturated rings. The quantitative estimate of drug-likeness (QED) is 0.849. The molecular formula is C14H19N3O2S. The third kappa shape index (κ3) is 3.11. The van der Waals surface area contributed by atoms with Gasteiger partial charge in [0.15, 0.2) is 0 Å². The highest BCUT2D eigenvalue weighted by Gasteiger charge is 2.26. The molecule has 1 saturated heterocycles. The Morgan fingerprint density at radius 3 is 2.70 bits per heavy atom. The van der Waals surface area contributed by atoms with E-state index in [9.17, 15) is 4.79 Å². The van der Waals surface area contributed by atoms with Gasteiger partial charge in [-0.1, -0.05) is 6.92 Å². The minimum atomic E-state index is -0.0333. The lowest BCUT2D eigenvalue weighted by Gasteiger charge is -2.36. The van der Waals surface area contributed by atoms with Gasteiger partial charge in [0.05, 0.1) is 24.1 Å². The summed E-state index contributed by atoms with van der Waals surface area (Å²) in [5.74, 6) is 0.787. The van der Waals surface area contributed by atoms with Gasteiger partial charge in [-0.25, -0.2) is 0 Å². The molecule has 1 aliphatic heterocycles. The number of methoxy groups -OCH3 is 1. The summed E-state index contributed by atoms with van der Waals surface area (Å²) in [5.41, 5.74) is 0. The molecule has 1 atom stereocenters. The maximum Gasteiger partial charge on any atom is 0.264 e. The second kappa shape index (κ2) is 6.73. The van der Waals surface area contributed by atoms with Crippen molar-refractivity contribution < 1.29 is 9.53 Å². The summed E-state index contributed by atoms with van der Waals surface area (Å²) in [6.45, 7) is 4.90. The highest BCUT2D eigenvalue weighted by molar-refractivity contribution is 7.12. The molecule has 0 aliphatic carbocycles. The third-order valence-corrected chi connectivity index (χ3v) is 4.50. The summed E-state index contributed by atoms with van der Waals surface area (Å²) >= 11 is 1.41. The number of nitrogens with zero attached hydrogens (tertiary/aromatic N) is 3. The van der Waals surface area contributed by atoms with Crippen LogP contribution in [0.3, 0.4) is 0 Å². The zero-order valence-corrected chi connectivity index (χ0v) is 12.7. The first-order valence-corrected chi connectivity index (χ1v) is 7.63. The first-order valence-electron chi connectivity index (χ1n) is 6.75. The lowest BCUT2D eigenvalue weighted by atomic mass is 10.2. The summed E-state index contributed by atoms with van der Waals surface area (Å²) in [5, 5.41) is 10.9. The fraction of sp³-hybridized carbons (Fsp3) is 0.571. The first kappa shape index (κ1) is 14.8. The van der Waals surface area contributed by atoms with Crippen molar-refractivity contribution in [2.24, 2.45) is 0 Å². The SMILES string of the molecule is CCC(C#N)N1CCN(C(=O)c2cc(OC)cs2)CC1. The molecule has 1 unspecified atom stereocenters. The maximum atomic E-state index is 12.3. The molecule has 2 rings (SSSR count). The van der Waals surface area contributed by atoms with E-state index < -0.39 is 0 Å². The maximum absolute atomic E-state index is 12.3. The van der Waals surface area contributed by atoms with Crippen molar-refractivity contribution in [3.05, 3.63) is 16.3 Å². The topological polar surface area (TPSA) is 56.6 Å². The molecule has 0 N–H and O–H groups in total. The monoisotopic (exact) mass is 293 g/mol. The van der Waals surface area contributed by atoms with Crippen molar-refractivity contribution in [2.45, 2.75) is 19.4 Å². The minimum absolute atomic E-state index is 0.0333. The van der Waals surface area contributed by atoms with Crippen molar-refractivity contribution in [1.29, 1.82) is 5.26 Å². The number of nitriles is 1. The molecule has 0 bridgehead atoms. The molecule has 1 amide bonds. The van der Waals surface area contributed by atoms with Crippen LogP contribution in [0, 0.1) is 11.3 Å². The molecule has 0 aromatic carbocycles. The van der Waals surface area contributed by atoms with E-state index in [0.717, 1.165) is 25.3 Å². The van der Waals surface area contributed by atoms with E-state index >= 15 is 0 Å². The number of amides is 1. The smallest absolute Gasteiger partial charge is 0.264 e. The van der Waals surface area contributed by atoms with E-state index in [2.05, 4.69) is 11.0 Å². The van der Waals surface area contributed by atoms with Crippen LogP contribution >= 0.6 is 11.3 Å². The van der Waals surface area contributed by atoms with Crippen molar-refractivity contribution in [1.82, 2.24) is 9.80 Å². The minimum Gasteiger partial charge on any atom is -0.496 e. The van der Waals surface area contributed by atoms with Gasteiger partial charge in [-0.3, -0.25) is 9.69 Å². The summed E-state index contributed by atoms with van der Waals surface area (Å²) in [6, 6.07) is 4.06. The van der Waals surface area contributed by atoms with Crippen LogP contribution in [0.4, 0.5) is 0 Å². The van der Waals surface area contributed by atoms with Gasteiger partial charge in [0.25, 0.3) is 5.91 Å². The number of thiophene rings is 1. The summed E-state index contributed by atoms with van der Waals surface area (Å²) in [4.78, 5) is 17.1. The van der Waals surface area contributed by atoms with Gasteiger partial charge < -0.3 is 9.64 Å². The molecule has 20 heavy (non-hydrogen) atoms. The Labute approximate surface area is 123 Å². The lowest BCUT2D eigenvalue weighted by molar-refractivity contribution is 0.0609. The van der Waals surface area contributed by atoms with Crippen LogP contribution in [-0.4, -0.2) is 55.0 Å². The van der Waals surface area contributed by atoms with E-state index in [1.165, 1.54) is 11.3 Å². The van der Waals surface area contributed by atoms with Crippen molar-refractivity contribution in [3.63, 3.8) is 0 Å². The number of rotatable bonds is 4. The molecular weight excluding hydrogens is 274 g/mol. The van der Waals surface area contributed by atoms with Gasteiger partial charge in [0.2, 0.25) is 0 Å². The van der Waals surface area contributed by atoms with Crippen molar-refractivity contribution >= 4 is 17.2 Å². The fourth-order valence-corrected chi connectivity index (χ4v) is 3.18. The number of hydrogen-bond donors (Lipinski definition) is 0. The van der Waals surface area contributed by atoms with Gasteiger partial charge in [0, 0.05) is 37.6 Å². The van der Waals surface area contributed by atoms with Gasteiger partial charge >= 0.3 is 0 Å². The predicted octanol–water partition coefficient (Wildman–Crippen LogP) is 1.82. The third-order valence-electron chi connectivity index (χ3n) is 3.60. The molecule has 0 saturated carbocycles. The van der Waals surface area contributed by atoms with Crippen LogP contribution in [0.2, 0.25) is 0 Å². The van der Waals surface area contributed by atoms with Crippen LogP contribution in [-0.2, 0) is 0 Å². The number of carbonyl (C=O) groups excluding carboxylic acids is 1. The molecule has 2 heterocycles. The van der Waals surface area contributed by atoms with Gasteiger partial charge in [-0.15, -0.1) is 11.3 Å². The van der Waals surface area contributed by atoms with Crippen LogP contribution in [0.5, 0.6) is 5.75 Å². The summed E-state index contributed by atoms with van der Waals surface area (Å²) in [6.07, 6.45) is 0.826. The Morgan fingerprint density at radius 2 is 2.20 bits per heavy atom. The molecule has 108 valence electrons. The number of carbonyl (C=O) groups is 1. The molecule has 1 aliphatic rings. The van der Waals surface area contributed by atoms with E-state index in [4.69, 9.17) is 10.00 Å². The first-order chi connectivity index (χ1) is 9.69. The summed E-state index contributed by atoms with van der Waals surface area (Å²) < 4.78 is 5.11. The van der Waals surface area contributed by atoms with Crippen LogP contribution in [0.15, 0.2) is 11.4 Å². The Hall–Kier alpha value is -1.58. The second-order valence-corrected chi connectivity index (χ2v) is 5.64. The predicted molar refractivity (Wildman–Crippen MR) is 78.0 cm³/mol. The average Bonchev–Trinajstić information content (AvgIpc) is 2.97. The highest BCUT2D eigenvalue weighted by atomic mass is 32.1. The average molecular weight is 293 g/mol. The largest absolute Gasteiger partial charge is 0.496 e. The molecule has 0 radical (unpaired) electrons. The Kier molecular flexibility index (Phi) is 4.99. The van der Waals surface area contributed by atoms with E-state index in [1.54, 1.807) is 13.2 Å². The standard InChI is InChI=1S/C14H19N3O2S/c1-3-11(9-15)16-4-6-17(7-5-16)14(18)13-8-12(19-2)10-20-13/h8,10-11H,3-7H2,1-2H3. The van der Waals surface area contributed by atoms with Crippen LogP contribution in [0.25, 0.3) is 0 Å². The zero-order chi connectivity index (χ0) is 14.5. The second-order valence-electron chi connectivity index (χ2n) is 4.73. The Morgan fingerprint density at radius 1 is 1.50 bits per heavy atom. The van der Waals surface area contributed by atoms with Crippen LogP contribution in [0.1, 0.15) is 23.0 Å². The molecule has 5 nitrogen and oxygen atoms in total. The molecule has 1 aromatic heterocycles. The number of ether oxygens (including phenoxy) is 1. The Balaban J connectivity index is 1.93. The van der Waals surface area contributed by atoms with Gasteiger partial charge in [0.1, 0.15) is 5.75 Å². The van der Waals surface area contributed by atoms with Gasteiger partial charge in [-0.05, 0) is 6.42 Å². The summed E-state index contributed by atoms with van der Waals surface area (Å²) in [7, 11) is 1.60. The fourth-order valence-electron chi connectivity index (χ4n) is 2.36. The van der Waals surface area contributed by atoms with Crippen LogP contribution < -0.4 is 4.74 Å². The van der Waals surface area contributed by atoms with Crippen molar-refractivity contribution in [3.8, 4) is 11.8 Å². The zero-order valence-electron chi connectivity index (χ0n) is 11.8. The lowest BCUT2D eigenvalue weighted by Crippen LogP contribution is -2.51. The van der Waals surface area contributed by atoms with Gasteiger partial charge in [-0.2, -0.15) is 5.26 Å². The Bertz CT molecular complexity index is 501. The highest BCUT2D eigenvalue weighted by Crippen LogP contribution is 2.23. The number of piperazine rings is 1. The molecule has 0 spiro atoms. The normalized spacial score (nSPS) is 17.6.